The van der Waals surface area contributed by atoms with Crippen LogP contribution in [0.3, 0.4) is 0 Å². The molecule has 2 rings (SSSR count). The third-order valence-corrected chi connectivity index (χ3v) is 4.68. The van der Waals surface area contributed by atoms with Crippen LogP contribution in [0.5, 0.6) is 11.5 Å². The molecule has 1 aromatic rings. The molecule has 0 bridgehead atoms. The molecule has 0 amide bonds. The number of hydrogen-bond acceptors (Lipinski definition) is 8. The minimum Gasteiger partial charge on any atom is -0.507 e. The lowest BCUT2D eigenvalue weighted by Gasteiger charge is -2.09. The van der Waals surface area contributed by atoms with Crippen molar-refractivity contribution >= 4 is 22.8 Å². The first-order valence-electron chi connectivity index (χ1n) is 8.67. The molecule has 144 valence electrons. The molecule has 0 aromatic heterocycles. The fourth-order valence-corrected chi connectivity index (χ4v) is 3.28. The third-order valence-electron chi connectivity index (χ3n) is 3.60. The molecule has 0 saturated heterocycles. The Hall–Kier alpha value is -1.77. The van der Waals surface area contributed by atoms with Gasteiger partial charge in [-0.05, 0) is 18.6 Å². The van der Waals surface area contributed by atoms with Crippen molar-refractivity contribution in [1.29, 1.82) is 0 Å². The Bertz CT molecular complexity index is 622. The van der Waals surface area contributed by atoms with Crippen molar-refractivity contribution < 1.29 is 29.2 Å². The van der Waals surface area contributed by atoms with Crippen LogP contribution in [-0.2, 0) is 14.3 Å². The number of unbranched alkanes of at least 4 members (excludes halogenated alkanes) is 1. The Morgan fingerprint density at radius 3 is 2.88 bits per heavy atom. The Labute approximate surface area is 157 Å². The van der Waals surface area contributed by atoms with E-state index in [2.05, 4.69) is 4.99 Å². The van der Waals surface area contributed by atoms with Crippen LogP contribution in [0.15, 0.2) is 23.2 Å². The summed E-state index contributed by atoms with van der Waals surface area (Å²) in [6.45, 7) is 3.37. The monoisotopic (exact) mass is 383 g/mol. The predicted molar refractivity (Wildman–Crippen MR) is 100 cm³/mol. The van der Waals surface area contributed by atoms with Crippen molar-refractivity contribution in [3.8, 4) is 11.5 Å². The van der Waals surface area contributed by atoms with Crippen LogP contribution in [0.25, 0.3) is 0 Å². The van der Waals surface area contributed by atoms with Crippen LogP contribution < -0.4 is 4.74 Å². The Balaban J connectivity index is 1.90. The van der Waals surface area contributed by atoms with Gasteiger partial charge < -0.3 is 24.4 Å². The fraction of sp³-hybridized carbons (Fsp3) is 0.556. The minimum atomic E-state index is -0.522. The molecule has 0 radical (unpaired) electrons. The number of hydrogen-bond donors (Lipinski definition) is 2. The van der Waals surface area contributed by atoms with Gasteiger partial charge >= 0.3 is 5.97 Å². The molecule has 0 saturated carbocycles. The molecule has 0 fully saturated rings. The summed E-state index contributed by atoms with van der Waals surface area (Å²) in [4.78, 5) is 16.4. The Kier molecular flexibility index (Phi) is 8.73. The van der Waals surface area contributed by atoms with Crippen LogP contribution in [-0.4, -0.2) is 66.1 Å². The van der Waals surface area contributed by atoms with E-state index >= 15 is 0 Å². The highest BCUT2D eigenvalue weighted by molar-refractivity contribution is 8.14. The summed E-state index contributed by atoms with van der Waals surface area (Å²) >= 11 is 1.42. The van der Waals surface area contributed by atoms with Gasteiger partial charge in [-0.15, -0.1) is 11.8 Å². The summed E-state index contributed by atoms with van der Waals surface area (Å²) in [5, 5.41) is 19.5. The van der Waals surface area contributed by atoms with Crippen LogP contribution in [0.1, 0.15) is 25.3 Å². The van der Waals surface area contributed by atoms with Gasteiger partial charge in [0, 0.05) is 17.4 Å². The van der Waals surface area contributed by atoms with Gasteiger partial charge in [-0.25, -0.2) is 4.79 Å². The number of thioether (sulfide) groups is 1. The number of phenols is 1. The van der Waals surface area contributed by atoms with Crippen LogP contribution in [0.4, 0.5) is 0 Å². The summed E-state index contributed by atoms with van der Waals surface area (Å²) in [5.74, 6) is 0.756. The molecule has 1 aliphatic rings. The molecule has 1 aliphatic heterocycles. The zero-order valence-electron chi connectivity index (χ0n) is 14.8. The maximum absolute atomic E-state index is 12.0. The number of carbonyl (C=O) groups is 1. The van der Waals surface area contributed by atoms with Gasteiger partial charge in [0.15, 0.2) is 6.04 Å². The van der Waals surface area contributed by atoms with E-state index in [1.54, 1.807) is 12.1 Å². The number of aliphatic hydroxyl groups excluding tert-OH is 1. The minimum absolute atomic E-state index is 0.0254. The second kappa shape index (κ2) is 11.1. The van der Waals surface area contributed by atoms with E-state index < -0.39 is 6.04 Å². The zero-order chi connectivity index (χ0) is 18.8. The van der Waals surface area contributed by atoms with Crippen molar-refractivity contribution in [1.82, 2.24) is 0 Å². The van der Waals surface area contributed by atoms with Gasteiger partial charge in [-0.2, -0.15) is 0 Å². The van der Waals surface area contributed by atoms with E-state index in [0.717, 1.165) is 12.8 Å². The smallest absolute Gasteiger partial charge is 0.331 e. The second-order valence-corrected chi connectivity index (χ2v) is 6.65. The maximum atomic E-state index is 12.0. The number of rotatable bonds is 11. The van der Waals surface area contributed by atoms with Gasteiger partial charge in [-0.3, -0.25) is 4.99 Å². The van der Waals surface area contributed by atoms with Gasteiger partial charge in [0.25, 0.3) is 0 Å². The van der Waals surface area contributed by atoms with E-state index in [-0.39, 0.29) is 24.9 Å². The van der Waals surface area contributed by atoms with Crippen molar-refractivity contribution in [3.63, 3.8) is 0 Å². The molecular formula is C18H25NO6S. The van der Waals surface area contributed by atoms with Gasteiger partial charge in [0.1, 0.15) is 23.1 Å². The summed E-state index contributed by atoms with van der Waals surface area (Å²) in [5.41, 5.74) is 0.572. The first-order chi connectivity index (χ1) is 12.7. The maximum Gasteiger partial charge on any atom is 0.331 e. The van der Waals surface area contributed by atoms with E-state index in [9.17, 15) is 9.90 Å². The fourth-order valence-electron chi connectivity index (χ4n) is 2.22. The normalized spacial score (nSPS) is 16.4. The predicted octanol–water partition coefficient (Wildman–Crippen LogP) is 1.99. The topological polar surface area (TPSA) is 97.6 Å². The van der Waals surface area contributed by atoms with Gasteiger partial charge in [-0.1, -0.05) is 13.3 Å². The first-order valence-corrected chi connectivity index (χ1v) is 9.66. The van der Waals surface area contributed by atoms with Crippen molar-refractivity contribution in [2.45, 2.75) is 25.8 Å². The largest absolute Gasteiger partial charge is 0.507 e. The van der Waals surface area contributed by atoms with Gasteiger partial charge in [0.05, 0.1) is 26.4 Å². The highest BCUT2D eigenvalue weighted by Gasteiger charge is 2.28. The van der Waals surface area contributed by atoms with Crippen LogP contribution in [0.2, 0.25) is 0 Å². The molecular weight excluding hydrogens is 358 g/mol. The molecule has 8 heteroatoms. The quantitative estimate of drug-likeness (QED) is 0.445. The van der Waals surface area contributed by atoms with Crippen LogP contribution in [0, 0.1) is 0 Å². The molecule has 7 nitrogen and oxygen atoms in total. The number of nitrogens with zero attached hydrogens (tertiary/aromatic N) is 1. The number of esters is 1. The first kappa shape index (κ1) is 20.5. The molecule has 1 heterocycles. The molecule has 26 heavy (non-hydrogen) atoms. The molecule has 1 atom stereocenters. The van der Waals surface area contributed by atoms with Crippen molar-refractivity contribution in [3.05, 3.63) is 23.8 Å². The standard InChI is InChI=1S/C18H25NO6S/c1-2-3-7-25-18(22)15-12-26-17(19-15)14-5-4-13(11-16(14)21)24-10-9-23-8-6-20/h4-5,11,15,20-21H,2-3,6-10,12H2,1H3. The Morgan fingerprint density at radius 2 is 2.15 bits per heavy atom. The molecule has 1 unspecified atom stereocenters. The van der Waals surface area contributed by atoms with Crippen LogP contribution >= 0.6 is 11.8 Å². The van der Waals surface area contributed by atoms with E-state index in [0.29, 0.717) is 41.9 Å². The SMILES string of the molecule is CCCCOC(=O)C1CSC(c2ccc(OCCOCCO)cc2O)=N1. The summed E-state index contributed by atoms with van der Waals surface area (Å²) < 4.78 is 15.8. The van der Waals surface area contributed by atoms with Crippen molar-refractivity contribution in [2.75, 3.05) is 38.8 Å². The number of ether oxygens (including phenoxy) is 3. The lowest BCUT2D eigenvalue weighted by molar-refractivity contribution is -0.144. The zero-order valence-corrected chi connectivity index (χ0v) is 15.7. The average molecular weight is 383 g/mol. The summed E-state index contributed by atoms with van der Waals surface area (Å²) in [6, 6.07) is 4.44. The average Bonchev–Trinajstić information content (AvgIpc) is 3.12. The molecule has 0 spiro atoms. The second-order valence-electron chi connectivity index (χ2n) is 5.65. The highest BCUT2D eigenvalue weighted by Crippen LogP contribution is 2.31. The molecule has 2 N–H and O–H groups in total. The number of carbonyl (C=O) groups excluding carboxylic acids is 1. The third kappa shape index (κ3) is 6.19. The summed E-state index contributed by atoms with van der Waals surface area (Å²) in [7, 11) is 0. The van der Waals surface area contributed by atoms with E-state index in [4.69, 9.17) is 19.3 Å². The molecule has 1 aromatic carbocycles. The number of phenolic OH excluding ortho intramolecular Hbond substituents is 1. The highest BCUT2D eigenvalue weighted by atomic mass is 32.2. The number of aliphatic imine (C=N–C) groups is 1. The number of aliphatic hydroxyl groups is 1. The summed E-state index contributed by atoms with van der Waals surface area (Å²) in [6.07, 6.45) is 1.81. The van der Waals surface area contributed by atoms with E-state index in [1.807, 2.05) is 6.92 Å². The molecule has 0 aliphatic carbocycles. The lowest BCUT2D eigenvalue weighted by atomic mass is 10.2. The number of aromatic hydroxyl groups is 1. The Morgan fingerprint density at radius 1 is 1.31 bits per heavy atom. The van der Waals surface area contributed by atoms with Gasteiger partial charge in [0.2, 0.25) is 0 Å². The number of benzene rings is 1. The lowest BCUT2D eigenvalue weighted by Crippen LogP contribution is -2.22. The van der Waals surface area contributed by atoms with Crippen molar-refractivity contribution in [2.24, 2.45) is 4.99 Å². The van der Waals surface area contributed by atoms with E-state index in [1.165, 1.54) is 17.8 Å².